The summed E-state index contributed by atoms with van der Waals surface area (Å²) in [5.74, 6) is 0. The van der Waals surface area contributed by atoms with Crippen LogP contribution in [0.1, 0.15) is 0 Å². The molecule has 0 aliphatic rings. The molecule has 2 nitrogen and oxygen atoms in total. The van der Waals surface area contributed by atoms with Crippen molar-refractivity contribution in [1.29, 1.82) is 0 Å². The lowest BCUT2D eigenvalue weighted by Gasteiger charge is -2.05. The average Bonchev–Trinajstić information content (AvgIpc) is 2.92. The Morgan fingerprint density at radius 1 is 0.952 bits per heavy atom. The molecule has 106 valence electrons. The molecule has 6 heteroatoms. The van der Waals surface area contributed by atoms with E-state index in [2.05, 4.69) is 10.3 Å². The lowest BCUT2D eigenvalue weighted by atomic mass is 10.2. The third kappa shape index (κ3) is 3.33. The molecule has 0 radical (unpaired) electrons. The van der Waals surface area contributed by atoms with E-state index in [4.69, 9.17) is 34.8 Å². The third-order valence-electron chi connectivity index (χ3n) is 2.82. The molecule has 1 aromatic heterocycles. The van der Waals surface area contributed by atoms with Crippen molar-refractivity contribution in [2.24, 2.45) is 0 Å². The van der Waals surface area contributed by atoms with Crippen LogP contribution in [0.15, 0.2) is 47.8 Å². The van der Waals surface area contributed by atoms with Gasteiger partial charge in [-0.25, -0.2) is 4.98 Å². The Hall–Kier alpha value is -1.26. The molecule has 0 amide bonds. The van der Waals surface area contributed by atoms with Crippen LogP contribution in [0.4, 0.5) is 10.8 Å². The quantitative estimate of drug-likeness (QED) is 0.579. The van der Waals surface area contributed by atoms with Gasteiger partial charge in [-0.2, -0.15) is 0 Å². The first kappa shape index (κ1) is 14.7. The molecular formula is C15H9Cl3N2S. The number of halogens is 3. The molecular weight excluding hydrogens is 347 g/mol. The molecule has 0 unspecified atom stereocenters. The van der Waals surface area contributed by atoms with Gasteiger partial charge in [-0.3, -0.25) is 0 Å². The van der Waals surface area contributed by atoms with Crippen molar-refractivity contribution < 1.29 is 0 Å². The predicted molar refractivity (Wildman–Crippen MR) is 92.3 cm³/mol. The predicted octanol–water partition coefficient (Wildman–Crippen LogP) is 6.51. The van der Waals surface area contributed by atoms with Gasteiger partial charge in [0, 0.05) is 21.0 Å². The molecule has 2 aromatic carbocycles. The van der Waals surface area contributed by atoms with Crippen LogP contribution in [0.2, 0.25) is 15.1 Å². The van der Waals surface area contributed by atoms with E-state index in [1.807, 2.05) is 29.6 Å². The maximum atomic E-state index is 6.18. The van der Waals surface area contributed by atoms with E-state index in [0.717, 1.165) is 22.1 Å². The number of nitrogens with zero attached hydrogens (tertiary/aromatic N) is 1. The van der Waals surface area contributed by atoms with Crippen molar-refractivity contribution in [1.82, 2.24) is 4.98 Å². The Balaban J connectivity index is 1.89. The molecule has 0 spiro atoms. The molecule has 0 aliphatic heterocycles. The van der Waals surface area contributed by atoms with Crippen LogP contribution in [-0.2, 0) is 0 Å². The van der Waals surface area contributed by atoms with Crippen LogP contribution in [0.5, 0.6) is 0 Å². The van der Waals surface area contributed by atoms with Crippen LogP contribution < -0.4 is 5.32 Å². The molecule has 3 aromatic rings. The third-order valence-corrected chi connectivity index (χ3v) is 4.48. The lowest BCUT2D eigenvalue weighted by molar-refractivity contribution is 1.38. The summed E-state index contributed by atoms with van der Waals surface area (Å²) >= 11 is 19.8. The van der Waals surface area contributed by atoms with Gasteiger partial charge in [-0.15, -0.1) is 11.3 Å². The van der Waals surface area contributed by atoms with Gasteiger partial charge in [-0.05, 0) is 24.3 Å². The normalized spacial score (nSPS) is 10.6. The highest BCUT2D eigenvalue weighted by atomic mass is 35.5. The molecule has 1 heterocycles. The molecule has 0 saturated carbocycles. The average molecular weight is 356 g/mol. The van der Waals surface area contributed by atoms with Crippen LogP contribution in [0.25, 0.3) is 11.3 Å². The van der Waals surface area contributed by atoms with Crippen molar-refractivity contribution in [3.8, 4) is 11.3 Å². The molecule has 0 bridgehead atoms. The molecule has 1 N–H and O–H groups in total. The van der Waals surface area contributed by atoms with Gasteiger partial charge in [0.2, 0.25) is 0 Å². The van der Waals surface area contributed by atoms with Gasteiger partial charge in [-0.1, -0.05) is 53.0 Å². The molecule has 0 saturated heterocycles. The highest BCUT2D eigenvalue weighted by Crippen LogP contribution is 2.33. The maximum Gasteiger partial charge on any atom is 0.187 e. The second-order valence-electron chi connectivity index (χ2n) is 4.27. The van der Waals surface area contributed by atoms with E-state index in [0.29, 0.717) is 15.1 Å². The second-order valence-corrected chi connectivity index (χ2v) is 6.38. The van der Waals surface area contributed by atoms with Gasteiger partial charge in [0.15, 0.2) is 5.13 Å². The smallest absolute Gasteiger partial charge is 0.187 e. The summed E-state index contributed by atoms with van der Waals surface area (Å²) in [5.41, 5.74) is 2.45. The van der Waals surface area contributed by atoms with Gasteiger partial charge in [0.05, 0.1) is 16.4 Å². The first-order valence-corrected chi connectivity index (χ1v) is 8.07. The van der Waals surface area contributed by atoms with Gasteiger partial charge < -0.3 is 5.32 Å². The highest BCUT2D eigenvalue weighted by Gasteiger charge is 2.09. The van der Waals surface area contributed by atoms with Crippen molar-refractivity contribution in [2.45, 2.75) is 0 Å². The Morgan fingerprint density at radius 3 is 2.57 bits per heavy atom. The number of anilines is 2. The topological polar surface area (TPSA) is 24.9 Å². The zero-order valence-corrected chi connectivity index (χ0v) is 13.7. The second kappa shape index (κ2) is 6.24. The Bertz CT molecular complexity index is 786. The monoisotopic (exact) mass is 354 g/mol. The summed E-state index contributed by atoms with van der Waals surface area (Å²) < 4.78 is 0. The van der Waals surface area contributed by atoms with Crippen molar-refractivity contribution in [3.05, 3.63) is 62.9 Å². The van der Waals surface area contributed by atoms with Crippen molar-refractivity contribution in [2.75, 3.05) is 5.32 Å². The summed E-state index contributed by atoms with van der Waals surface area (Å²) in [5, 5.41) is 7.73. The summed E-state index contributed by atoms with van der Waals surface area (Å²) in [6.07, 6.45) is 0. The van der Waals surface area contributed by atoms with E-state index >= 15 is 0 Å². The number of rotatable bonds is 3. The number of thiazole rings is 1. The Kier molecular flexibility index (Phi) is 4.36. The van der Waals surface area contributed by atoms with E-state index in [9.17, 15) is 0 Å². The summed E-state index contributed by atoms with van der Waals surface area (Å²) in [6.45, 7) is 0. The van der Waals surface area contributed by atoms with Crippen LogP contribution in [0.3, 0.4) is 0 Å². The minimum Gasteiger partial charge on any atom is -0.330 e. The van der Waals surface area contributed by atoms with Crippen molar-refractivity contribution in [3.63, 3.8) is 0 Å². The number of hydrogen-bond acceptors (Lipinski definition) is 3. The van der Waals surface area contributed by atoms with Crippen LogP contribution in [-0.4, -0.2) is 4.98 Å². The van der Waals surface area contributed by atoms with Gasteiger partial charge in [0.1, 0.15) is 0 Å². The lowest BCUT2D eigenvalue weighted by Crippen LogP contribution is -1.90. The largest absolute Gasteiger partial charge is 0.330 e. The fraction of sp³-hybridized carbons (Fsp3) is 0. The standard InChI is InChI=1S/C15H9Cl3N2S/c16-9-5-6-12(18)13(7-9)19-15-20-14(8-21-15)10-3-1-2-4-11(10)17/h1-8H,(H,19,20). The summed E-state index contributed by atoms with van der Waals surface area (Å²) in [4.78, 5) is 4.53. The highest BCUT2D eigenvalue weighted by molar-refractivity contribution is 7.14. The number of benzene rings is 2. The first-order chi connectivity index (χ1) is 10.1. The first-order valence-electron chi connectivity index (χ1n) is 6.06. The zero-order chi connectivity index (χ0) is 14.8. The number of nitrogens with one attached hydrogen (secondary N) is 1. The molecule has 3 rings (SSSR count). The van der Waals surface area contributed by atoms with Crippen molar-refractivity contribution >= 4 is 57.0 Å². The summed E-state index contributed by atoms with van der Waals surface area (Å²) in [7, 11) is 0. The number of hydrogen-bond donors (Lipinski definition) is 1. The molecule has 0 aliphatic carbocycles. The Labute approximate surface area is 141 Å². The minimum absolute atomic E-state index is 0.592. The molecule has 21 heavy (non-hydrogen) atoms. The van der Waals surface area contributed by atoms with E-state index in [-0.39, 0.29) is 0 Å². The van der Waals surface area contributed by atoms with Gasteiger partial charge in [0.25, 0.3) is 0 Å². The zero-order valence-electron chi connectivity index (χ0n) is 10.6. The van der Waals surface area contributed by atoms with Gasteiger partial charge >= 0.3 is 0 Å². The van der Waals surface area contributed by atoms with E-state index in [1.54, 1.807) is 18.2 Å². The fourth-order valence-corrected chi connectivity index (χ4v) is 3.12. The van der Waals surface area contributed by atoms with Crippen LogP contribution >= 0.6 is 46.1 Å². The molecule has 0 fully saturated rings. The van der Waals surface area contributed by atoms with Crippen LogP contribution in [0, 0.1) is 0 Å². The summed E-state index contributed by atoms with van der Waals surface area (Å²) in [6, 6.07) is 12.9. The maximum absolute atomic E-state index is 6.18. The van der Waals surface area contributed by atoms with E-state index < -0.39 is 0 Å². The SMILES string of the molecule is Clc1ccc(Cl)c(Nc2nc(-c3ccccc3Cl)cs2)c1. The molecule has 0 atom stereocenters. The van der Waals surface area contributed by atoms with E-state index in [1.165, 1.54) is 11.3 Å². The Morgan fingerprint density at radius 2 is 1.76 bits per heavy atom. The fourth-order valence-electron chi connectivity index (χ4n) is 1.83. The minimum atomic E-state index is 0.592. The number of aromatic nitrogens is 1.